The van der Waals surface area contributed by atoms with Crippen LogP contribution in [0.3, 0.4) is 0 Å². The van der Waals surface area contributed by atoms with E-state index in [1.165, 1.54) is 4.90 Å². The van der Waals surface area contributed by atoms with Crippen molar-refractivity contribution in [1.82, 2.24) is 14.7 Å². The molecule has 0 amide bonds. The molecule has 0 fully saturated rings. The van der Waals surface area contributed by atoms with Gasteiger partial charge in [0.15, 0.2) is 0 Å². The van der Waals surface area contributed by atoms with Crippen LogP contribution in [0.4, 0.5) is 13.2 Å². The summed E-state index contributed by atoms with van der Waals surface area (Å²) < 4.78 is 39.2. The van der Waals surface area contributed by atoms with E-state index in [2.05, 4.69) is 5.10 Å². The molecule has 0 spiro atoms. The average molecular weight is 298 g/mol. The van der Waals surface area contributed by atoms with Gasteiger partial charge in [-0.15, -0.1) is 11.6 Å². The van der Waals surface area contributed by atoms with Crippen LogP contribution in [0, 0.1) is 0 Å². The Kier molecular flexibility index (Phi) is 6.13. The van der Waals surface area contributed by atoms with Crippen LogP contribution in [0.1, 0.15) is 25.2 Å². The predicted octanol–water partition coefficient (Wildman–Crippen LogP) is 3.07. The highest BCUT2D eigenvalue weighted by atomic mass is 35.5. The van der Waals surface area contributed by atoms with E-state index in [9.17, 15) is 13.2 Å². The number of nitrogens with zero attached hydrogens (tertiary/aromatic N) is 3. The summed E-state index contributed by atoms with van der Waals surface area (Å²) in [7, 11) is 0. The van der Waals surface area contributed by atoms with Crippen molar-refractivity contribution in [1.29, 1.82) is 0 Å². The minimum absolute atomic E-state index is 0.178. The largest absolute Gasteiger partial charge is 0.401 e. The van der Waals surface area contributed by atoms with Gasteiger partial charge in [0.25, 0.3) is 0 Å². The van der Waals surface area contributed by atoms with Crippen LogP contribution >= 0.6 is 11.6 Å². The third-order valence-corrected chi connectivity index (χ3v) is 2.93. The zero-order chi connectivity index (χ0) is 14.5. The van der Waals surface area contributed by atoms with Gasteiger partial charge in [0, 0.05) is 25.5 Å². The second-order valence-electron chi connectivity index (χ2n) is 4.31. The second-order valence-corrected chi connectivity index (χ2v) is 4.69. The van der Waals surface area contributed by atoms with Crippen LogP contribution in [0.25, 0.3) is 0 Å². The molecule has 0 aliphatic rings. The van der Waals surface area contributed by atoms with Gasteiger partial charge in [0.1, 0.15) is 0 Å². The van der Waals surface area contributed by atoms with Crippen LogP contribution in [0.15, 0.2) is 6.07 Å². The first-order valence-electron chi connectivity index (χ1n) is 6.30. The number of aromatic nitrogens is 2. The minimum atomic E-state index is -4.21. The van der Waals surface area contributed by atoms with Gasteiger partial charge in [-0.2, -0.15) is 18.3 Å². The van der Waals surface area contributed by atoms with Crippen molar-refractivity contribution >= 4 is 11.6 Å². The van der Waals surface area contributed by atoms with Crippen molar-refractivity contribution in [3.05, 3.63) is 17.5 Å². The van der Waals surface area contributed by atoms with E-state index in [4.69, 9.17) is 11.6 Å². The number of rotatable bonds is 7. The van der Waals surface area contributed by atoms with E-state index in [-0.39, 0.29) is 19.0 Å². The molecule has 0 atom stereocenters. The summed E-state index contributed by atoms with van der Waals surface area (Å²) in [5.41, 5.74) is 1.70. The van der Waals surface area contributed by atoms with Crippen LogP contribution in [0.2, 0.25) is 0 Å². The Bertz CT molecular complexity index is 390. The molecule has 0 saturated heterocycles. The van der Waals surface area contributed by atoms with Crippen molar-refractivity contribution in [3.8, 4) is 0 Å². The molecule has 0 N–H and O–H groups in total. The molecule has 0 radical (unpaired) electrons. The molecule has 0 aromatic carbocycles. The van der Waals surface area contributed by atoms with E-state index < -0.39 is 12.7 Å². The normalized spacial score (nSPS) is 12.4. The van der Waals surface area contributed by atoms with Gasteiger partial charge in [-0.25, -0.2) is 0 Å². The summed E-state index contributed by atoms with van der Waals surface area (Å²) >= 11 is 5.57. The number of aryl methyl sites for hydroxylation is 2. The molecule has 3 nitrogen and oxygen atoms in total. The minimum Gasteiger partial charge on any atom is -0.288 e. The van der Waals surface area contributed by atoms with Crippen LogP contribution < -0.4 is 0 Å². The molecule has 1 aromatic heterocycles. The molecule has 19 heavy (non-hydrogen) atoms. The Labute approximate surface area is 116 Å². The molecule has 1 rings (SSSR count). The van der Waals surface area contributed by atoms with E-state index in [1.54, 1.807) is 4.68 Å². The third-order valence-electron chi connectivity index (χ3n) is 2.76. The first-order valence-corrected chi connectivity index (χ1v) is 6.83. The van der Waals surface area contributed by atoms with Gasteiger partial charge in [-0.1, -0.05) is 6.92 Å². The molecule has 0 saturated carbocycles. The molecule has 0 unspecified atom stereocenters. The zero-order valence-electron chi connectivity index (χ0n) is 11.2. The van der Waals surface area contributed by atoms with Gasteiger partial charge in [-0.3, -0.25) is 9.58 Å². The molecule has 7 heteroatoms. The fourth-order valence-corrected chi connectivity index (χ4v) is 2.14. The number of halogens is 4. The Hall–Kier alpha value is -0.750. The fraction of sp³-hybridized carbons (Fsp3) is 0.750. The summed E-state index contributed by atoms with van der Waals surface area (Å²) in [6, 6.07) is 1.86. The maximum Gasteiger partial charge on any atom is 0.401 e. The quantitative estimate of drug-likeness (QED) is 0.721. The van der Waals surface area contributed by atoms with Gasteiger partial charge in [-0.05, 0) is 19.4 Å². The molecular formula is C12H19ClF3N3. The Morgan fingerprint density at radius 2 is 2.05 bits per heavy atom. The molecular weight excluding hydrogens is 279 g/mol. The van der Waals surface area contributed by atoms with E-state index in [0.29, 0.717) is 6.54 Å². The van der Waals surface area contributed by atoms with Gasteiger partial charge < -0.3 is 0 Å². The highest BCUT2D eigenvalue weighted by molar-refractivity contribution is 6.18. The summed E-state index contributed by atoms with van der Waals surface area (Å²) in [4.78, 5) is 1.30. The molecule has 1 heterocycles. The molecule has 0 aliphatic carbocycles. The number of hydrogen-bond acceptors (Lipinski definition) is 2. The van der Waals surface area contributed by atoms with E-state index in [0.717, 1.165) is 17.8 Å². The lowest BCUT2D eigenvalue weighted by atomic mass is 10.3. The maximum absolute atomic E-state index is 12.5. The predicted molar refractivity (Wildman–Crippen MR) is 69.3 cm³/mol. The SMILES string of the molecule is CCc1cc(CN(CCCl)CC(F)(F)F)n(CC)n1. The van der Waals surface area contributed by atoms with E-state index >= 15 is 0 Å². The summed E-state index contributed by atoms with van der Waals surface area (Å²) in [6.45, 7) is 4.01. The highest BCUT2D eigenvalue weighted by Gasteiger charge is 2.30. The average Bonchev–Trinajstić information content (AvgIpc) is 2.69. The van der Waals surface area contributed by atoms with Crippen molar-refractivity contribution < 1.29 is 13.2 Å². The Morgan fingerprint density at radius 1 is 1.37 bits per heavy atom. The van der Waals surface area contributed by atoms with Crippen LogP contribution in [0.5, 0.6) is 0 Å². The monoisotopic (exact) mass is 297 g/mol. The smallest absolute Gasteiger partial charge is 0.288 e. The molecule has 0 aliphatic heterocycles. The standard InChI is InChI=1S/C12H19ClF3N3/c1-3-10-7-11(19(4-2)17-10)8-18(6-5-13)9-12(14,15)16/h7H,3-6,8-9H2,1-2H3. The van der Waals surface area contributed by atoms with E-state index in [1.807, 2.05) is 19.9 Å². The van der Waals surface area contributed by atoms with Crippen molar-refractivity contribution in [2.75, 3.05) is 19.0 Å². The highest BCUT2D eigenvalue weighted by Crippen LogP contribution is 2.18. The van der Waals surface area contributed by atoms with Crippen molar-refractivity contribution in [3.63, 3.8) is 0 Å². The summed E-state index contributed by atoms with van der Waals surface area (Å²) in [6.07, 6.45) is -3.44. The van der Waals surface area contributed by atoms with Gasteiger partial charge >= 0.3 is 6.18 Å². The first kappa shape index (κ1) is 16.3. The van der Waals surface area contributed by atoms with Gasteiger partial charge in [0.2, 0.25) is 0 Å². The van der Waals surface area contributed by atoms with Crippen LogP contribution in [-0.4, -0.2) is 39.8 Å². The lowest BCUT2D eigenvalue weighted by Crippen LogP contribution is -2.35. The lowest BCUT2D eigenvalue weighted by molar-refractivity contribution is -0.146. The van der Waals surface area contributed by atoms with Crippen molar-refractivity contribution in [2.45, 2.75) is 39.5 Å². The summed E-state index contributed by atoms with van der Waals surface area (Å²) in [5, 5.41) is 4.33. The zero-order valence-corrected chi connectivity index (χ0v) is 11.9. The molecule has 0 bridgehead atoms. The molecule has 110 valence electrons. The first-order chi connectivity index (χ1) is 8.89. The molecule has 1 aromatic rings. The van der Waals surface area contributed by atoms with Gasteiger partial charge in [0.05, 0.1) is 17.9 Å². The lowest BCUT2D eigenvalue weighted by Gasteiger charge is -2.22. The fourth-order valence-electron chi connectivity index (χ4n) is 1.90. The Morgan fingerprint density at radius 3 is 2.53 bits per heavy atom. The second kappa shape index (κ2) is 7.14. The van der Waals surface area contributed by atoms with Crippen molar-refractivity contribution in [2.24, 2.45) is 0 Å². The number of alkyl halides is 4. The number of hydrogen-bond donors (Lipinski definition) is 0. The van der Waals surface area contributed by atoms with Crippen LogP contribution in [-0.2, 0) is 19.5 Å². The maximum atomic E-state index is 12.5. The summed E-state index contributed by atoms with van der Waals surface area (Å²) in [5.74, 6) is 0.178. The Balaban J connectivity index is 2.80. The third kappa shape index (κ3) is 5.40. The topological polar surface area (TPSA) is 21.1 Å².